The molecule has 4 heteroatoms. The van der Waals surface area contributed by atoms with Crippen LogP contribution in [0.15, 0.2) is 24.3 Å². The molecule has 1 rings (SSSR count). The van der Waals surface area contributed by atoms with E-state index in [9.17, 15) is 13.2 Å². The molecule has 0 unspecified atom stereocenters. The number of hydrogen-bond donors (Lipinski definition) is 0. The standard InChI is InChI=1S/C12H15F3N/c1-3-4-9-16(2)11-7-5-10(6-8-11)12(13,14)15/h5-8H,1,3-4,9H2,2H3. The van der Waals surface area contributed by atoms with Crippen molar-refractivity contribution in [2.24, 2.45) is 0 Å². The van der Waals surface area contributed by atoms with Gasteiger partial charge in [-0.05, 0) is 30.7 Å². The summed E-state index contributed by atoms with van der Waals surface area (Å²) in [4.78, 5) is 1.92. The monoisotopic (exact) mass is 230 g/mol. The van der Waals surface area contributed by atoms with Gasteiger partial charge in [-0.1, -0.05) is 13.3 Å². The summed E-state index contributed by atoms with van der Waals surface area (Å²) < 4.78 is 36.9. The highest BCUT2D eigenvalue weighted by atomic mass is 19.4. The Bertz CT molecular complexity index is 316. The molecule has 0 aliphatic carbocycles. The lowest BCUT2D eigenvalue weighted by Gasteiger charge is -2.19. The van der Waals surface area contributed by atoms with Crippen molar-refractivity contribution < 1.29 is 13.2 Å². The highest BCUT2D eigenvalue weighted by molar-refractivity contribution is 5.47. The van der Waals surface area contributed by atoms with Gasteiger partial charge >= 0.3 is 6.18 Å². The van der Waals surface area contributed by atoms with Crippen LogP contribution in [0.5, 0.6) is 0 Å². The van der Waals surface area contributed by atoms with Crippen molar-refractivity contribution in [3.8, 4) is 0 Å². The van der Waals surface area contributed by atoms with Gasteiger partial charge in [0.2, 0.25) is 0 Å². The summed E-state index contributed by atoms with van der Waals surface area (Å²) in [6, 6.07) is 5.20. The summed E-state index contributed by atoms with van der Waals surface area (Å²) in [5.41, 5.74) is 0.184. The molecule has 0 aliphatic rings. The van der Waals surface area contributed by atoms with Crippen molar-refractivity contribution in [3.63, 3.8) is 0 Å². The second-order valence-electron chi connectivity index (χ2n) is 3.67. The fraction of sp³-hybridized carbons (Fsp3) is 0.417. The number of alkyl halides is 3. The molecule has 16 heavy (non-hydrogen) atoms. The Labute approximate surface area is 93.9 Å². The Hall–Kier alpha value is -1.19. The van der Waals surface area contributed by atoms with Crippen LogP contribution in [-0.2, 0) is 6.18 Å². The predicted molar refractivity (Wildman–Crippen MR) is 59.3 cm³/mol. The molecule has 0 saturated carbocycles. The molecule has 0 saturated heterocycles. The third-order valence-electron chi connectivity index (χ3n) is 2.38. The van der Waals surface area contributed by atoms with Crippen LogP contribution in [-0.4, -0.2) is 13.6 Å². The lowest BCUT2D eigenvalue weighted by atomic mass is 10.2. The van der Waals surface area contributed by atoms with E-state index in [1.807, 2.05) is 11.9 Å². The van der Waals surface area contributed by atoms with Gasteiger partial charge in [0.05, 0.1) is 5.56 Å². The number of benzene rings is 1. The van der Waals surface area contributed by atoms with Crippen molar-refractivity contribution in [1.29, 1.82) is 0 Å². The smallest absolute Gasteiger partial charge is 0.375 e. The van der Waals surface area contributed by atoms with E-state index < -0.39 is 11.7 Å². The lowest BCUT2D eigenvalue weighted by Crippen LogP contribution is -2.18. The molecule has 0 atom stereocenters. The third kappa shape index (κ3) is 3.43. The van der Waals surface area contributed by atoms with E-state index in [4.69, 9.17) is 0 Å². The van der Waals surface area contributed by atoms with Crippen molar-refractivity contribution >= 4 is 5.69 Å². The average Bonchev–Trinajstić information content (AvgIpc) is 2.25. The molecule has 1 nitrogen and oxygen atoms in total. The molecule has 89 valence electrons. The lowest BCUT2D eigenvalue weighted by molar-refractivity contribution is -0.137. The largest absolute Gasteiger partial charge is 0.416 e. The normalized spacial score (nSPS) is 11.6. The minimum Gasteiger partial charge on any atom is -0.375 e. The van der Waals surface area contributed by atoms with Crippen molar-refractivity contribution in [2.45, 2.75) is 19.0 Å². The SMILES string of the molecule is [CH2]CCCN(C)c1ccc(C(F)(F)F)cc1. The maximum atomic E-state index is 12.3. The van der Waals surface area contributed by atoms with E-state index in [1.54, 1.807) is 0 Å². The Morgan fingerprint density at radius 1 is 1.19 bits per heavy atom. The number of unbranched alkanes of at least 4 members (excludes halogenated alkanes) is 1. The number of halogens is 3. The fourth-order valence-electron chi connectivity index (χ4n) is 1.38. The minimum atomic E-state index is -4.26. The number of hydrogen-bond acceptors (Lipinski definition) is 1. The van der Waals surface area contributed by atoms with Crippen LogP contribution in [0.2, 0.25) is 0 Å². The van der Waals surface area contributed by atoms with Gasteiger partial charge in [0, 0.05) is 19.3 Å². The molecule has 0 aliphatic heterocycles. The number of nitrogens with zero attached hydrogens (tertiary/aromatic N) is 1. The zero-order valence-electron chi connectivity index (χ0n) is 9.22. The van der Waals surface area contributed by atoms with E-state index in [1.165, 1.54) is 12.1 Å². The zero-order valence-corrected chi connectivity index (χ0v) is 9.22. The average molecular weight is 230 g/mol. The van der Waals surface area contributed by atoms with Gasteiger partial charge in [0.1, 0.15) is 0 Å². The first-order valence-electron chi connectivity index (χ1n) is 5.13. The van der Waals surface area contributed by atoms with Gasteiger partial charge in [0.25, 0.3) is 0 Å². The summed E-state index contributed by atoms with van der Waals surface area (Å²) in [6.45, 7) is 4.52. The molecular weight excluding hydrogens is 215 g/mol. The number of rotatable bonds is 4. The molecule has 0 N–H and O–H groups in total. The van der Waals surface area contributed by atoms with Gasteiger partial charge in [-0.15, -0.1) is 0 Å². The molecular formula is C12H15F3N. The maximum Gasteiger partial charge on any atom is 0.416 e. The highest BCUT2D eigenvalue weighted by Gasteiger charge is 2.29. The fourth-order valence-corrected chi connectivity index (χ4v) is 1.38. The summed E-state index contributed by atoms with van der Waals surface area (Å²) in [7, 11) is 1.86. The first-order valence-corrected chi connectivity index (χ1v) is 5.13. The van der Waals surface area contributed by atoms with Gasteiger partial charge in [-0.25, -0.2) is 0 Å². The van der Waals surface area contributed by atoms with Crippen molar-refractivity contribution in [1.82, 2.24) is 0 Å². The van der Waals surface area contributed by atoms with Crippen LogP contribution in [0.1, 0.15) is 18.4 Å². The first-order chi connectivity index (χ1) is 7.45. The Kier molecular flexibility index (Phi) is 4.21. The van der Waals surface area contributed by atoms with E-state index in [2.05, 4.69) is 6.92 Å². The van der Waals surface area contributed by atoms with E-state index in [-0.39, 0.29) is 0 Å². The Balaban J connectivity index is 2.71. The molecule has 1 aromatic carbocycles. The summed E-state index contributed by atoms with van der Waals surface area (Å²) in [6.07, 6.45) is -2.51. The molecule has 0 heterocycles. The molecule has 0 spiro atoms. The van der Waals surface area contributed by atoms with Crippen molar-refractivity contribution in [2.75, 3.05) is 18.5 Å². The molecule has 1 aromatic rings. The Morgan fingerprint density at radius 2 is 1.75 bits per heavy atom. The quantitative estimate of drug-likeness (QED) is 0.761. The maximum absolute atomic E-state index is 12.3. The summed E-state index contributed by atoms with van der Waals surface area (Å²) >= 11 is 0. The van der Waals surface area contributed by atoms with Crippen molar-refractivity contribution in [3.05, 3.63) is 36.8 Å². The first kappa shape index (κ1) is 12.9. The van der Waals surface area contributed by atoms with Gasteiger partial charge in [-0.2, -0.15) is 13.2 Å². The van der Waals surface area contributed by atoms with Gasteiger partial charge < -0.3 is 4.90 Å². The van der Waals surface area contributed by atoms with Gasteiger partial charge in [0.15, 0.2) is 0 Å². The van der Waals surface area contributed by atoms with Crippen LogP contribution >= 0.6 is 0 Å². The van der Waals surface area contributed by atoms with Crippen LogP contribution in [0, 0.1) is 6.92 Å². The second kappa shape index (κ2) is 5.23. The second-order valence-corrected chi connectivity index (χ2v) is 3.67. The predicted octanol–water partition coefficient (Wildman–Crippen LogP) is 3.76. The van der Waals surface area contributed by atoms with Gasteiger partial charge in [-0.3, -0.25) is 0 Å². The van der Waals surface area contributed by atoms with Crippen LogP contribution in [0.25, 0.3) is 0 Å². The molecule has 0 bridgehead atoms. The molecule has 0 fully saturated rings. The highest BCUT2D eigenvalue weighted by Crippen LogP contribution is 2.30. The topological polar surface area (TPSA) is 3.24 Å². The van der Waals surface area contributed by atoms with E-state index in [0.29, 0.717) is 0 Å². The third-order valence-corrected chi connectivity index (χ3v) is 2.38. The van der Waals surface area contributed by atoms with Crippen LogP contribution in [0.4, 0.5) is 18.9 Å². The summed E-state index contributed by atoms with van der Waals surface area (Å²) in [5, 5.41) is 0. The minimum absolute atomic E-state index is 0.609. The van der Waals surface area contributed by atoms with E-state index >= 15 is 0 Å². The van der Waals surface area contributed by atoms with Crippen LogP contribution < -0.4 is 4.90 Å². The molecule has 0 aromatic heterocycles. The molecule has 1 radical (unpaired) electrons. The number of anilines is 1. The summed E-state index contributed by atoms with van der Waals surface area (Å²) in [5.74, 6) is 0. The zero-order chi connectivity index (χ0) is 12.2. The molecule has 0 amide bonds. The Morgan fingerprint density at radius 3 is 2.19 bits per heavy atom. The van der Waals surface area contributed by atoms with E-state index in [0.717, 1.165) is 37.2 Å². The van der Waals surface area contributed by atoms with Crippen LogP contribution in [0.3, 0.4) is 0 Å².